The van der Waals surface area contributed by atoms with Gasteiger partial charge in [0, 0.05) is 31.5 Å². The van der Waals surface area contributed by atoms with Crippen molar-refractivity contribution in [2.75, 3.05) is 13.1 Å². The van der Waals surface area contributed by atoms with E-state index in [0.717, 1.165) is 18.4 Å². The van der Waals surface area contributed by atoms with Crippen LogP contribution in [0.2, 0.25) is 0 Å². The second-order valence-corrected chi connectivity index (χ2v) is 9.66. The predicted octanol–water partition coefficient (Wildman–Crippen LogP) is 2.88. The number of hydrogen-bond acceptors (Lipinski definition) is 3. The van der Waals surface area contributed by atoms with Gasteiger partial charge in [-0.05, 0) is 62.1 Å². The van der Waals surface area contributed by atoms with E-state index in [4.69, 9.17) is 0 Å². The number of nitrogens with one attached hydrogen (secondary N) is 3. The molecule has 0 spiro atoms. The van der Waals surface area contributed by atoms with Gasteiger partial charge in [0.05, 0.1) is 5.41 Å². The maximum absolute atomic E-state index is 13.4. The normalized spacial score (nSPS) is 26.5. The Hall–Kier alpha value is -2.44. The van der Waals surface area contributed by atoms with Crippen LogP contribution in [-0.2, 0) is 14.4 Å². The lowest BCUT2D eigenvalue weighted by Gasteiger charge is -2.35. The molecule has 0 radical (unpaired) electrons. The van der Waals surface area contributed by atoms with E-state index in [-0.39, 0.29) is 47.3 Å². The highest BCUT2D eigenvalue weighted by atomic mass is 19.1. The van der Waals surface area contributed by atoms with Crippen LogP contribution in [0.3, 0.4) is 0 Å². The summed E-state index contributed by atoms with van der Waals surface area (Å²) in [4.78, 5) is 36.7. The van der Waals surface area contributed by atoms with Crippen LogP contribution in [0.25, 0.3) is 0 Å². The van der Waals surface area contributed by atoms with E-state index in [9.17, 15) is 18.8 Å². The molecule has 2 aliphatic rings. The second-order valence-electron chi connectivity index (χ2n) is 9.66. The molecule has 31 heavy (non-hydrogen) atoms. The first-order valence-corrected chi connectivity index (χ1v) is 11.3. The Labute approximate surface area is 183 Å². The van der Waals surface area contributed by atoms with E-state index >= 15 is 0 Å². The first-order valence-electron chi connectivity index (χ1n) is 11.3. The molecule has 1 aliphatic carbocycles. The van der Waals surface area contributed by atoms with E-state index in [1.54, 1.807) is 12.1 Å². The lowest BCUT2D eigenvalue weighted by Crippen LogP contribution is -2.53. The molecule has 1 heterocycles. The Balaban J connectivity index is 1.42. The smallest absolute Gasteiger partial charge is 0.227 e. The van der Waals surface area contributed by atoms with Gasteiger partial charge in [-0.1, -0.05) is 26.0 Å². The summed E-state index contributed by atoms with van der Waals surface area (Å²) >= 11 is 0. The zero-order valence-electron chi connectivity index (χ0n) is 18.7. The van der Waals surface area contributed by atoms with Crippen molar-refractivity contribution in [1.29, 1.82) is 0 Å². The summed E-state index contributed by atoms with van der Waals surface area (Å²) in [6.45, 7) is 6.83. The van der Waals surface area contributed by atoms with Gasteiger partial charge < -0.3 is 16.0 Å². The summed E-state index contributed by atoms with van der Waals surface area (Å²) in [5, 5.41) is 8.91. The molecule has 2 atom stereocenters. The first kappa shape index (κ1) is 23.2. The molecule has 170 valence electrons. The van der Waals surface area contributed by atoms with Gasteiger partial charge in [0.15, 0.2) is 0 Å². The van der Waals surface area contributed by atoms with Gasteiger partial charge in [-0.25, -0.2) is 4.39 Å². The molecule has 1 aromatic rings. The van der Waals surface area contributed by atoms with E-state index in [1.165, 1.54) is 6.07 Å². The Morgan fingerprint density at radius 1 is 1.29 bits per heavy atom. The molecular weight excluding hydrogens is 397 g/mol. The topological polar surface area (TPSA) is 87.3 Å². The molecule has 3 amide bonds. The summed E-state index contributed by atoms with van der Waals surface area (Å²) in [7, 11) is 0. The third-order valence-corrected chi connectivity index (χ3v) is 6.83. The molecule has 6 nitrogen and oxygen atoms in total. The predicted molar refractivity (Wildman–Crippen MR) is 117 cm³/mol. The van der Waals surface area contributed by atoms with Crippen LogP contribution in [0.4, 0.5) is 4.39 Å². The fourth-order valence-corrected chi connectivity index (χ4v) is 4.33. The van der Waals surface area contributed by atoms with Crippen LogP contribution < -0.4 is 16.0 Å². The quantitative estimate of drug-likeness (QED) is 0.592. The fraction of sp³-hybridized carbons (Fsp3) is 0.625. The van der Waals surface area contributed by atoms with E-state index in [2.05, 4.69) is 16.0 Å². The van der Waals surface area contributed by atoms with Crippen molar-refractivity contribution in [3.63, 3.8) is 0 Å². The standard InChI is InChI=1S/C24H34FN3O3/c1-15(2)20(28-23(31)24(3)9-7-21(29)27-14-24)8-10-26-22(30)18-11-17(12-18)16-5-4-6-19(25)13-16/h4-6,13,15,17-18,20H,7-12,14H2,1-3H3,(H,26,30)(H,27,29)(H,28,31)/t17?,18?,20-,24?/m1/s1. The largest absolute Gasteiger partial charge is 0.356 e. The highest BCUT2D eigenvalue weighted by Crippen LogP contribution is 2.41. The Bertz CT molecular complexity index is 810. The SMILES string of the molecule is CC(C)[C@@H](CCNC(=O)C1CC(c2cccc(F)c2)C1)NC(=O)C1(C)CCC(=O)NC1. The zero-order chi connectivity index (χ0) is 22.6. The number of halogens is 1. The summed E-state index contributed by atoms with van der Waals surface area (Å²) in [6.07, 6.45) is 3.04. The third kappa shape index (κ3) is 5.83. The van der Waals surface area contributed by atoms with Crippen LogP contribution in [0.15, 0.2) is 24.3 Å². The highest BCUT2D eigenvalue weighted by molar-refractivity contribution is 5.86. The molecule has 1 saturated carbocycles. The van der Waals surface area contributed by atoms with Crippen LogP contribution in [0, 0.1) is 23.1 Å². The van der Waals surface area contributed by atoms with Gasteiger partial charge in [0.25, 0.3) is 0 Å². The minimum Gasteiger partial charge on any atom is -0.356 e. The van der Waals surface area contributed by atoms with Crippen molar-refractivity contribution < 1.29 is 18.8 Å². The lowest BCUT2D eigenvalue weighted by atomic mass is 9.71. The van der Waals surface area contributed by atoms with Crippen LogP contribution in [0.5, 0.6) is 0 Å². The number of hydrogen-bond donors (Lipinski definition) is 3. The van der Waals surface area contributed by atoms with E-state index in [0.29, 0.717) is 32.4 Å². The molecule has 0 bridgehead atoms. The molecule has 1 aliphatic heterocycles. The van der Waals surface area contributed by atoms with Crippen LogP contribution >= 0.6 is 0 Å². The Morgan fingerprint density at radius 2 is 2.03 bits per heavy atom. The van der Waals surface area contributed by atoms with Crippen molar-refractivity contribution in [3.8, 4) is 0 Å². The molecule has 3 rings (SSSR count). The zero-order valence-corrected chi connectivity index (χ0v) is 18.7. The monoisotopic (exact) mass is 431 g/mol. The van der Waals surface area contributed by atoms with Crippen molar-refractivity contribution >= 4 is 17.7 Å². The fourth-order valence-electron chi connectivity index (χ4n) is 4.33. The number of carbonyl (C=O) groups excluding carboxylic acids is 3. The summed E-state index contributed by atoms with van der Waals surface area (Å²) in [5.74, 6) is 0.165. The molecule has 1 unspecified atom stereocenters. The first-order chi connectivity index (χ1) is 14.7. The maximum Gasteiger partial charge on any atom is 0.227 e. The van der Waals surface area contributed by atoms with Crippen LogP contribution in [-0.4, -0.2) is 36.9 Å². The van der Waals surface area contributed by atoms with Gasteiger partial charge >= 0.3 is 0 Å². The molecular formula is C24H34FN3O3. The Morgan fingerprint density at radius 3 is 2.65 bits per heavy atom. The lowest BCUT2D eigenvalue weighted by molar-refractivity contribution is -0.135. The summed E-state index contributed by atoms with van der Waals surface area (Å²) in [5.41, 5.74) is 0.362. The average Bonchev–Trinajstić information content (AvgIpc) is 2.68. The van der Waals surface area contributed by atoms with Gasteiger partial charge in [0.2, 0.25) is 17.7 Å². The van der Waals surface area contributed by atoms with Gasteiger partial charge in [-0.2, -0.15) is 0 Å². The third-order valence-electron chi connectivity index (χ3n) is 6.83. The van der Waals surface area contributed by atoms with Gasteiger partial charge in [0.1, 0.15) is 5.82 Å². The average molecular weight is 432 g/mol. The maximum atomic E-state index is 13.4. The van der Waals surface area contributed by atoms with Crippen LogP contribution in [0.1, 0.15) is 64.4 Å². The molecule has 1 saturated heterocycles. The minimum absolute atomic E-state index is 0.0102. The second kappa shape index (κ2) is 9.79. The van der Waals surface area contributed by atoms with Gasteiger partial charge in [-0.3, -0.25) is 14.4 Å². The number of amides is 3. The number of rotatable bonds is 8. The summed E-state index contributed by atoms with van der Waals surface area (Å²) in [6, 6.07) is 6.55. The number of carbonyl (C=O) groups is 3. The van der Waals surface area contributed by atoms with E-state index < -0.39 is 5.41 Å². The van der Waals surface area contributed by atoms with E-state index in [1.807, 2.05) is 26.8 Å². The summed E-state index contributed by atoms with van der Waals surface area (Å²) < 4.78 is 13.4. The van der Waals surface area contributed by atoms with Crippen molar-refractivity contribution in [2.45, 2.75) is 64.8 Å². The minimum atomic E-state index is -0.595. The highest BCUT2D eigenvalue weighted by Gasteiger charge is 2.38. The number of piperidine rings is 1. The molecule has 2 fully saturated rings. The Kier molecular flexibility index (Phi) is 7.34. The molecule has 0 aromatic heterocycles. The number of benzene rings is 1. The van der Waals surface area contributed by atoms with Crippen molar-refractivity contribution in [3.05, 3.63) is 35.6 Å². The van der Waals surface area contributed by atoms with Gasteiger partial charge in [-0.15, -0.1) is 0 Å². The molecule has 3 N–H and O–H groups in total. The van der Waals surface area contributed by atoms with Crippen molar-refractivity contribution in [1.82, 2.24) is 16.0 Å². The molecule has 1 aromatic carbocycles. The molecule has 7 heteroatoms. The van der Waals surface area contributed by atoms with Crippen molar-refractivity contribution in [2.24, 2.45) is 17.3 Å².